The van der Waals surface area contributed by atoms with Crippen LogP contribution >= 0.6 is 0 Å². The van der Waals surface area contributed by atoms with Gasteiger partial charge in [0.1, 0.15) is 0 Å². The summed E-state index contributed by atoms with van der Waals surface area (Å²) < 4.78 is 11.6. The Kier molecular flexibility index (Phi) is 5.05. The summed E-state index contributed by atoms with van der Waals surface area (Å²) in [6, 6.07) is 0.640. The fourth-order valence-corrected chi connectivity index (χ4v) is 3.56. The van der Waals surface area contributed by atoms with E-state index in [0.29, 0.717) is 6.04 Å². The van der Waals surface area contributed by atoms with Gasteiger partial charge in [0, 0.05) is 25.7 Å². The first-order valence-electron chi connectivity index (χ1n) is 7.66. The summed E-state index contributed by atoms with van der Waals surface area (Å²) in [5.74, 6) is 1.49. The Morgan fingerprint density at radius 2 is 2.17 bits per heavy atom. The van der Waals surface area contributed by atoms with Crippen LogP contribution in [-0.4, -0.2) is 38.0 Å². The van der Waals surface area contributed by atoms with Crippen molar-refractivity contribution in [3.05, 3.63) is 0 Å². The monoisotopic (exact) mass is 255 g/mol. The van der Waals surface area contributed by atoms with E-state index in [1.54, 1.807) is 0 Å². The Hall–Kier alpha value is -0.120. The maximum atomic E-state index is 6.05. The molecule has 4 unspecified atom stereocenters. The van der Waals surface area contributed by atoms with Gasteiger partial charge >= 0.3 is 0 Å². The van der Waals surface area contributed by atoms with Crippen LogP contribution in [0, 0.1) is 11.8 Å². The van der Waals surface area contributed by atoms with Crippen molar-refractivity contribution < 1.29 is 9.47 Å². The van der Waals surface area contributed by atoms with Gasteiger partial charge in [-0.2, -0.15) is 0 Å². The number of hydrogen-bond donors (Lipinski definition) is 1. The summed E-state index contributed by atoms with van der Waals surface area (Å²) in [5, 5.41) is 3.71. The molecule has 2 saturated heterocycles. The predicted octanol–water partition coefficient (Wildman–Crippen LogP) is 2.60. The van der Waals surface area contributed by atoms with Gasteiger partial charge in [0.05, 0.1) is 12.2 Å². The molecule has 3 nitrogen and oxygen atoms in total. The maximum Gasteiger partial charge on any atom is 0.0939 e. The van der Waals surface area contributed by atoms with Crippen molar-refractivity contribution in [2.45, 2.75) is 58.1 Å². The molecule has 18 heavy (non-hydrogen) atoms. The number of ether oxygens (including phenoxy) is 2. The molecule has 2 rings (SSSR count). The maximum absolute atomic E-state index is 6.05. The predicted molar refractivity (Wildman–Crippen MR) is 73.8 cm³/mol. The number of hydrogen-bond acceptors (Lipinski definition) is 3. The van der Waals surface area contributed by atoms with Crippen LogP contribution in [0.5, 0.6) is 0 Å². The van der Waals surface area contributed by atoms with Crippen molar-refractivity contribution >= 4 is 0 Å². The molecule has 1 N–H and O–H groups in total. The lowest BCUT2D eigenvalue weighted by Crippen LogP contribution is -2.49. The van der Waals surface area contributed by atoms with Crippen LogP contribution in [-0.2, 0) is 9.47 Å². The van der Waals surface area contributed by atoms with Crippen LogP contribution in [0.2, 0.25) is 0 Å². The molecule has 2 aliphatic rings. The Labute approximate surface area is 112 Å². The summed E-state index contributed by atoms with van der Waals surface area (Å²) >= 11 is 0. The quantitative estimate of drug-likeness (QED) is 0.819. The van der Waals surface area contributed by atoms with Crippen molar-refractivity contribution in [1.82, 2.24) is 5.32 Å². The second-order valence-corrected chi connectivity index (χ2v) is 6.06. The Bertz CT molecular complexity index is 251. The lowest BCUT2D eigenvalue weighted by molar-refractivity contribution is -0.105. The van der Waals surface area contributed by atoms with E-state index in [4.69, 9.17) is 9.47 Å². The van der Waals surface area contributed by atoms with Crippen LogP contribution in [0.1, 0.15) is 46.5 Å². The third-order valence-corrected chi connectivity index (χ3v) is 4.80. The second kappa shape index (κ2) is 6.36. The van der Waals surface area contributed by atoms with E-state index in [2.05, 4.69) is 26.1 Å². The van der Waals surface area contributed by atoms with Gasteiger partial charge in [-0.15, -0.1) is 0 Å². The van der Waals surface area contributed by atoms with Crippen LogP contribution in [0.25, 0.3) is 0 Å². The van der Waals surface area contributed by atoms with E-state index >= 15 is 0 Å². The molecular formula is C15H29NO2. The van der Waals surface area contributed by atoms with Gasteiger partial charge in [-0.3, -0.25) is 0 Å². The second-order valence-electron chi connectivity index (χ2n) is 6.06. The molecule has 0 aromatic rings. The minimum Gasteiger partial charge on any atom is -0.378 e. The van der Waals surface area contributed by atoms with Gasteiger partial charge in [0.2, 0.25) is 0 Å². The summed E-state index contributed by atoms with van der Waals surface area (Å²) in [5.41, 5.74) is 0.0457. The molecule has 0 aliphatic carbocycles. The fourth-order valence-electron chi connectivity index (χ4n) is 3.56. The molecule has 1 spiro atoms. The average molecular weight is 255 g/mol. The topological polar surface area (TPSA) is 30.5 Å². The zero-order valence-electron chi connectivity index (χ0n) is 12.2. The SMILES string of the molecule is CCNC(C(C)CC)C1CCOC2(CCOC2)C1. The van der Waals surface area contributed by atoms with Crippen LogP contribution < -0.4 is 5.32 Å². The molecule has 2 aliphatic heterocycles. The normalized spacial score (nSPS) is 35.8. The molecule has 0 aromatic carbocycles. The van der Waals surface area contributed by atoms with Gasteiger partial charge in [-0.25, -0.2) is 0 Å². The van der Waals surface area contributed by atoms with Gasteiger partial charge < -0.3 is 14.8 Å². The van der Waals surface area contributed by atoms with Crippen molar-refractivity contribution in [3.63, 3.8) is 0 Å². The minimum atomic E-state index is 0.0457. The van der Waals surface area contributed by atoms with Gasteiger partial charge in [0.25, 0.3) is 0 Å². The fraction of sp³-hybridized carbons (Fsp3) is 1.00. The van der Waals surface area contributed by atoms with Gasteiger partial charge in [-0.05, 0) is 31.2 Å². The molecule has 0 saturated carbocycles. The van der Waals surface area contributed by atoms with Crippen molar-refractivity contribution in [2.75, 3.05) is 26.4 Å². The van der Waals surface area contributed by atoms with Crippen molar-refractivity contribution in [3.8, 4) is 0 Å². The van der Waals surface area contributed by atoms with E-state index in [9.17, 15) is 0 Å². The standard InChI is InChI=1S/C15H29NO2/c1-4-12(3)14(16-5-2)13-6-8-18-15(10-13)7-9-17-11-15/h12-14,16H,4-11H2,1-3H3. The van der Waals surface area contributed by atoms with E-state index in [0.717, 1.165) is 44.6 Å². The van der Waals surface area contributed by atoms with E-state index in [1.807, 2.05) is 0 Å². The highest BCUT2D eigenvalue weighted by atomic mass is 16.6. The summed E-state index contributed by atoms with van der Waals surface area (Å²) in [6.07, 6.45) is 4.71. The molecule has 2 heterocycles. The highest BCUT2D eigenvalue weighted by Crippen LogP contribution is 2.38. The molecule has 0 amide bonds. The number of rotatable bonds is 5. The Balaban J connectivity index is 2.00. The van der Waals surface area contributed by atoms with Crippen molar-refractivity contribution in [1.29, 1.82) is 0 Å². The molecule has 3 heteroatoms. The summed E-state index contributed by atoms with van der Waals surface area (Å²) in [4.78, 5) is 0. The minimum absolute atomic E-state index is 0.0457. The molecule has 0 aromatic heterocycles. The molecule has 0 radical (unpaired) electrons. The first kappa shape index (κ1) is 14.3. The Morgan fingerprint density at radius 1 is 1.33 bits per heavy atom. The lowest BCUT2D eigenvalue weighted by atomic mass is 9.77. The smallest absolute Gasteiger partial charge is 0.0939 e. The third kappa shape index (κ3) is 3.06. The van der Waals surface area contributed by atoms with Gasteiger partial charge in [-0.1, -0.05) is 27.2 Å². The lowest BCUT2D eigenvalue weighted by Gasteiger charge is -2.42. The zero-order chi connectivity index (χ0) is 13.0. The largest absolute Gasteiger partial charge is 0.378 e. The molecular weight excluding hydrogens is 226 g/mol. The van der Waals surface area contributed by atoms with Crippen LogP contribution in [0.15, 0.2) is 0 Å². The molecule has 2 fully saturated rings. The molecule has 0 bridgehead atoms. The van der Waals surface area contributed by atoms with Crippen LogP contribution in [0.4, 0.5) is 0 Å². The zero-order valence-corrected chi connectivity index (χ0v) is 12.2. The van der Waals surface area contributed by atoms with Crippen molar-refractivity contribution in [2.24, 2.45) is 11.8 Å². The third-order valence-electron chi connectivity index (χ3n) is 4.80. The highest BCUT2D eigenvalue weighted by Gasteiger charge is 2.43. The van der Waals surface area contributed by atoms with E-state index in [1.165, 1.54) is 19.3 Å². The number of nitrogens with one attached hydrogen (secondary N) is 1. The highest BCUT2D eigenvalue weighted by molar-refractivity contribution is 4.94. The van der Waals surface area contributed by atoms with E-state index in [-0.39, 0.29) is 5.60 Å². The first-order valence-corrected chi connectivity index (χ1v) is 7.66. The molecule has 4 atom stereocenters. The Morgan fingerprint density at radius 3 is 2.78 bits per heavy atom. The van der Waals surface area contributed by atoms with Gasteiger partial charge in [0.15, 0.2) is 0 Å². The van der Waals surface area contributed by atoms with Crippen LogP contribution in [0.3, 0.4) is 0 Å². The molecule has 106 valence electrons. The van der Waals surface area contributed by atoms with E-state index < -0.39 is 0 Å². The average Bonchev–Trinajstić information content (AvgIpc) is 2.83. The summed E-state index contributed by atoms with van der Waals surface area (Å²) in [6.45, 7) is 10.5. The first-order chi connectivity index (χ1) is 8.71. The summed E-state index contributed by atoms with van der Waals surface area (Å²) in [7, 11) is 0.